The summed E-state index contributed by atoms with van der Waals surface area (Å²) in [4.78, 5) is 0. The first kappa shape index (κ1) is 14.1. The molecule has 0 saturated heterocycles. The van der Waals surface area contributed by atoms with Gasteiger partial charge in [-0.05, 0) is 49.4 Å². The van der Waals surface area contributed by atoms with Crippen molar-refractivity contribution in [3.8, 4) is 5.75 Å². The van der Waals surface area contributed by atoms with Crippen LogP contribution in [0.25, 0.3) is 0 Å². The van der Waals surface area contributed by atoms with Gasteiger partial charge >= 0.3 is 0 Å². The van der Waals surface area contributed by atoms with Crippen LogP contribution in [0, 0.1) is 6.92 Å². The molecule has 1 aliphatic carbocycles. The Bertz CT molecular complexity index is 633. The molecule has 1 heterocycles. The number of benzene rings is 1. The Morgan fingerprint density at radius 3 is 3.00 bits per heavy atom. The molecule has 0 spiro atoms. The van der Waals surface area contributed by atoms with Crippen LogP contribution in [-0.4, -0.2) is 16.9 Å². The summed E-state index contributed by atoms with van der Waals surface area (Å²) in [7, 11) is 3.70. The van der Waals surface area contributed by atoms with Gasteiger partial charge < -0.3 is 10.1 Å². The lowest BCUT2D eigenvalue weighted by Gasteiger charge is -2.27. The maximum absolute atomic E-state index is 5.37. The highest BCUT2D eigenvalue weighted by molar-refractivity contribution is 5.39. The third-order valence-electron chi connectivity index (χ3n) is 4.32. The molecule has 2 aromatic rings. The average molecular weight is 285 g/mol. The quantitative estimate of drug-likeness (QED) is 0.939. The topological polar surface area (TPSA) is 39.1 Å². The van der Waals surface area contributed by atoms with Crippen molar-refractivity contribution in [3.05, 3.63) is 46.8 Å². The fourth-order valence-corrected chi connectivity index (χ4v) is 3.17. The fraction of sp³-hybridized carbons (Fsp3) is 0.471. The first-order valence-electron chi connectivity index (χ1n) is 7.56. The van der Waals surface area contributed by atoms with Gasteiger partial charge in [-0.2, -0.15) is 5.10 Å². The SMILES string of the molecule is COc1ccc2c(c1)C(NCc1cn(C)nc1C)CCC2. The van der Waals surface area contributed by atoms with Crippen molar-refractivity contribution < 1.29 is 4.74 Å². The predicted molar refractivity (Wildman–Crippen MR) is 83.5 cm³/mol. The minimum absolute atomic E-state index is 0.406. The zero-order chi connectivity index (χ0) is 14.8. The number of nitrogens with one attached hydrogen (secondary N) is 1. The molecule has 1 aromatic carbocycles. The highest BCUT2D eigenvalue weighted by Gasteiger charge is 2.20. The first-order valence-corrected chi connectivity index (χ1v) is 7.56. The Hall–Kier alpha value is -1.81. The number of fused-ring (bicyclic) bond motifs is 1. The van der Waals surface area contributed by atoms with Gasteiger partial charge in [0.15, 0.2) is 0 Å². The summed E-state index contributed by atoms with van der Waals surface area (Å²) in [6.07, 6.45) is 5.68. The highest BCUT2D eigenvalue weighted by Crippen LogP contribution is 2.32. The fourth-order valence-electron chi connectivity index (χ4n) is 3.17. The van der Waals surface area contributed by atoms with E-state index in [2.05, 4.69) is 41.7 Å². The van der Waals surface area contributed by atoms with E-state index < -0.39 is 0 Å². The Morgan fingerprint density at radius 1 is 1.43 bits per heavy atom. The molecule has 21 heavy (non-hydrogen) atoms. The summed E-state index contributed by atoms with van der Waals surface area (Å²) in [6, 6.07) is 6.86. The van der Waals surface area contributed by atoms with Crippen molar-refractivity contribution in [1.29, 1.82) is 0 Å². The molecule has 0 aliphatic heterocycles. The second-order valence-corrected chi connectivity index (χ2v) is 5.80. The zero-order valence-electron chi connectivity index (χ0n) is 13.0. The third-order valence-corrected chi connectivity index (χ3v) is 4.32. The number of rotatable bonds is 4. The molecular weight excluding hydrogens is 262 g/mol. The second kappa shape index (κ2) is 5.90. The van der Waals surface area contributed by atoms with Crippen LogP contribution in [0.4, 0.5) is 0 Å². The van der Waals surface area contributed by atoms with Crippen molar-refractivity contribution >= 4 is 0 Å². The summed E-state index contributed by atoms with van der Waals surface area (Å²) >= 11 is 0. The molecule has 4 nitrogen and oxygen atoms in total. The molecule has 1 unspecified atom stereocenters. The van der Waals surface area contributed by atoms with Crippen LogP contribution in [0.1, 0.15) is 41.3 Å². The normalized spacial score (nSPS) is 17.6. The molecule has 0 fully saturated rings. The van der Waals surface area contributed by atoms with Gasteiger partial charge in [0.1, 0.15) is 5.75 Å². The number of hydrogen-bond donors (Lipinski definition) is 1. The molecule has 0 amide bonds. The van der Waals surface area contributed by atoms with Gasteiger partial charge in [0.2, 0.25) is 0 Å². The van der Waals surface area contributed by atoms with Gasteiger partial charge in [0, 0.05) is 31.4 Å². The number of aryl methyl sites for hydroxylation is 3. The third kappa shape index (κ3) is 2.95. The van der Waals surface area contributed by atoms with E-state index in [1.165, 1.54) is 36.0 Å². The van der Waals surface area contributed by atoms with Crippen LogP contribution in [0.5, 0.6) is 5.75 Å². The van der Waals surface area contributed by atoms with Crippen LogP contribution in [0.3, 0.4) is 0 Å². The minimum Gasteiger partial charge on any atom is -0.497 e. The molecular formula is C17H23N3O. The molecule has 0 bridgehead atoms. The van der Waals surface area contributed by atoms with Crippen LogP contribution in [-0.2, 0) is 20.0 Å². The summed E-state index contributed by atoms with van der Waals surface area (Å²) in [5, 5.41) is 8.09. The average Bonchev–Trinajstić information content (AvgIpc) is 2.82. The summed E-state index contributed by atoms with van der Waals surface area (Å²) in [5.74, 6) is 0.944. The number of methoxy groups -OCH3 is 1. The molecule has 0 saturated carbocycles. The predicted octanol–water partition coefficient (Wildman–Crippen LogP) is 2.90. The number of aromatic nitrogens is 2. The Kier molecular flexibility index (Phi) is 3.97. The smallest absolute Gasteiger partial charge is 0.119 e. The summed E-state index contributed by atoms with van der Waals surface area (Å²) < 4.78 is 7.25. The Labute approximate surface area is 126 Å². The standard InChI is InChI=1S/C17H23N3O/c1-12-14(11-20(2)19-12)10-18-17-6-4-5-13-7-8-15(21-3)9-16(13)17/h7-9,11,17-18H,4-6,10H2,1-3H3. The van der Waals surface area contributed by atoms with E-state index in [4.69, 9.17) is 4.74 Å². The van der Waals surface area contributed by atoms with Gasteiger partial charge in [-0.25, -0.2) is 0 Å². The Morgan fingerprint density at radius 2 is 2.29 bits per heavy atom. The first-order chi connectivity index (χ1) is 10.2. The van der Waals surface area contributed by atoms with Crippen molar-refractivity contribution in [1.82, 2.24) is 15.1 Å². The second-order valence-electron chi connectivity index (χ2n) is 5.80. The molecule has 1 aliphatic rings. The monoisotopic (exact) mass is 285 g/mol. The number of ether oxygens (including phenoxy) is 1. The molecule has 1 atom stereocenters. The van der Waals surface area contributed by atoms with E-state index in [1.807, 2.05) is 11.7 Å². The van der Waals surface area contributed by atoms with Gasteiger partial charge in [-0.1, -0.05) is 6.07 Å². The molecule has 0 radical (unpaired) electrons. The van der Waals surface area contributed by atoms with Crippen LogP contribution in [0.2, 0.25) is 0 Å². The van der Waals surface area contributed by atoms with Crippen molar-refractivity contribution in [2.24, 2.45) is 7.05 Å². The number of nitrogens with zero attached hydrogens (tertiary/aromatic N) is 2. The Balaban J connectivity index is 1.77. The lowest BCUT2D eigenvalue weighted by Crippen LogP contribution is -2.25. The highest BCUT2D eigenvalue weighted by atomic mass is 16.5. The van der Waals surface area contributed by atoms with E-state index >= 15 is 0 Å². The molecule has 4 heteroatoms. The zero-order valence-corrected chi connectivity index (χ0v) is 13.0. The molecule has 112 valence electrons. The van der Waals surface area contributed by atoms with Crippen LogP contribution in [0.15, 0.2) is 24.4 Å². The maximum Gasteiger partial charge on any atom is 0.119 e. The number of hydrogen-bond acceptors (Lipinski definition) is 3. The maximum atomic E-state index is 5.37. The van der Waals surface area contributed by atoms with E-state index in [0.717, 1.165) is 18.0 Å². The van der Waals surface area contributed by atoms with E-state index in [1.54, 1.807) is 7.11 Å². The van der Waals surface area contributed by atoms with E-state index in [0.29, 0.717) is 6.04 Å². The molecule has 1 N–H and O–H groups in total. The van der Waals surface area contributed by atoms with Gasteiger partial charge in [-0.15, -0.1) is 0 Å². The van der Waals surface area contributed by atoms with Gasteiger partial charge in [0.25, 0.3) is 0 Å². The van der Waals surface area contributed by atoms with Crippen LogP contribution >= 0.6 is 0 Å². The lowest BCUT2D eigenvalue weighted by atomic mass is 9.87. The van der Waals surface area contributed by atoms with E-state index in [9.17, 15) is 0 Å². The van der Waals surface area contributed by atoms with E-state index in [-0.39, 0.29) is 0 Å². The molecule has 3 rings (SSSR count). The minimum atomic E-state index is 0.406. The largest absolute Gasteiger partial charge is 0.497 e. The van der Waals surface area contributed by atoms with Gasteiger partial charge in [0.05, 0.1) is 12.8 Å². The van der Waals surface area contributed by atoms with Crippen LogP contribution < -0.4 is 10.1 Å². The van der Waals surface area contributed by atoms with Crippen molar-refractivity contribution in [3.63, 3.8) is 0 Å². The van der Waals surface area contributed by atoms with Crippen molar-refractivity contribution in [2.45, 2.75) is 38.8 Å². The molecule has 1 aromatic heterocycles. The summed E-state index contributed by atoms with van der Waals surface area (Å²) in [5.41, 5.74) is 5.21. The lowest BCUT2D eigenvalue weighted by molar-refractivity contribution is 0.408. The summed E-state index contributed by atoms with van der Waals surface area (Å²) in [6.45, 7) is 2.93. The van der Waals surface area contributed by atoms with Gasteiger partial charge in [-0.3, -0.25) is 4.68 Å². The van der Waals surface area contributed by atoms with Crippen molar-refractivity contribution in [2.75, 3.05) is 7.11 Å².